The highest BCUT2D eigenvalue weighted by Gasteiger charge is 2.18. The first-order chi connectivity index (χ1) is 8.00. The summed E-state index contributed by atoms with van der Waals surface area (Å²) < 4.78 is 2.65. The van der Waals surface area contributed by atoms with Gasteiger partial charge in [0.15, 0.2) is 0 Å². The van der Waals surface area contributed by atoms with E-state index in [0.29, 0.717) is 5.02 Å². The van der Waals surface area contributed by atoms with Crippen molar-refractivity contribution in [3.8, 4) is 0 Å². The zero-order chi connectivity index (χ0) is 12.6. The number of benzene rings is 1. The van der Waals surface area contributed by atoms with Gasteiger partial charge in [0, 0.05) is 12.1 Å². The Kier molecular flexibility index (Phi) is 3.56. The van der Waals surface area contributed by atoms with Crippen LogP contribution in [0.25, 0.3) is 0 Å². The number of nitrogens with two attached hydrogens (primary N) is 1. The molecule has 2 N–H and O–H groups in total. The van der Waals surface area contributed by atoms with Crippen molar-refractivity contribution in [2.24, 2.45) is 12.8 Å². The van der Waals surface area contributed by atoms with Gasteiger partial charge in [-0.1, -0.05) is 23.7 Å². The molecule has 17 heavy (non-hydrogen) atoms. The van der Waals surface area contributed by atoms with Crippen LogP contribution in [0.2, 0.25) is 5.02 Å². The van der Waals surface area contributed by atoms with Gasteiger partial charge in [-0.3, -0.25) is 4.68 Å². The van der Waals surface area contributed by atoms with Crippen LogP contribution < -0.4 is 5.73 Å². The van der Waals surface area contributed by atoms with Crippen LogP contribution in [0, 0.1) is 6.92 Å². The number of nitrogens with zero attached hydrogens (tertiary/aromatic N) is 2. The van der Waals surface area contributed by atoms with Crippen molar-refractivity contribution in [1.82, 2.24) is 9.78 Å². The maximum Gasteiger partial charge on any atom is 0.0749 e. The second-order valence-corrected chi connectivity index (χ2v) is 5.27. The highest BCUT2D eigenvalue weighted by molar-refractivity contribution is 9.10. The van der Waals surface area contributed by atoms with E-state index in [1.165, 1.54) is 0 Å². The smallest absolute Gasteiger partial charge is 0.0749 e. The zero-order valence-corrected chi connectivity index (χ0v) is 12.0. The standard InChI is InChI=1S/C12H13BrClN3/c1-7-3-4-8(10(14)5-7)11(15)12-9(13)6-16-17(12)2/h3-6,11H,15H2,1-2H3. The molecular formula is C12H13BrClN3. The number of aryl methyl sites for hydroxylation is 2. The van der Waals surface area contributed by atoms with E-state index in [0.717, 1.165) is 21.3 Å². The van der Waals surface area contributed by atoms with E-state index in [-0.39, 0.29) is 6.04 Å². The molecule has 0 amide bonds. The Morgan fingerprint density at radius 2 is 2.18 bits per heavy atom. The third kappa shape index (κ3) is 2.39. The molecule has 90 valence electrons. The molecule has 0 fully saturated rings. The Labute approximate surface area is 114 Å². The van der Waals surface area contributed by atoms with Gasteiger partial charge >= 0.3 is 0 Å². The van der Waals surface area contributed by atoms with Crippen molar-refractivity contribution in [3.05, 3.63) is 50.7 Å². The minimum absolute atomic E-state index is 0.287. The van der Waals surface area contributed by atoms with Crippen molar-refractivity contribution in [3.63, 3.8) is 0 Å². The van der Waals surface area contributed by atoms with Crippen molar-refractivity contribution < 1.29 is 0 Å². The lowest BCUT2D eigenvalue weighted by molar-refractivity contribution is 0.671. The Balaban J connectivity index is 2.47. The highest BCUT2D eigenvalue weighted by atomic mass is 79.9. The summed E-state index contributed by atoms with van der Waals surface area (Å²) in [6.07, 6.45) is 1.73. The molecular weight excluding hydrogens is 302 g/mol. The average Bonchev–Trinajstić information content (AvgIpc) is 2.58. The molecule has 0 spiro atoms. The quantitative estimate of drug-likeness (QED) is 0.925. The molecule has 0 bridgehead atoms. The lowest BCUT2D eigenvalue weighted by atomic mass is 10.0. The van der Waals surface area contributed by atoms with E-state index in [2.05, 4.69) is 21.0 Å². The van der Waals surface area contributed by atoms with E-state index in [4.69, 9.17) is 17.3 Å². The molecule has 0 aliphatic carbocycles. The number of rotatable bonds is 2. The van der Waals surface area contributed by atoms with Crippen molar-refractivity contribution in [2.75, 3.05) is 0 Å². The van der Waals surface area contributed by atoms with Crippen molar-refractivity contribution >= 4 is 27.5 Å². The van der Waals surface area contributed by atoms with Gasteiger partial charge in [0.05, 0.1) is 22.4 Å². The molecule has 3 nitrogen and oxygen atoms in total. The highest BCUT2D eigenvalue weighted by Crippen LogP contribution is 2.30. The van der Waals surface area contributed by atoms with Crippen molar-refractivity contribution in [2.45, 2.75) is 13.0 Å². The van der Waals surface area contributed by atoms with Gasteiger partial charge in [-0.2, -0.15) is 5.10 Å². The van der Waals surface area contributed by atoms with Gasteiger partial charge in [-0.25, -0.2) is 0 Å². The molecule has 1 aromatic heterocycles. The third-order valence-electron chi connectivity index (χ3n) is 2.72. The number of halogens is 2. The van der Waals surface area contributed by atoms with Crippen LogP contribution in [0.3, 0.4) is 0 Å². The monoisotopic (exact) mass is 313 g/mol. The molecule has 0 radical (unpaired) electrons. The van der Waals surface area contributed by atoms with E-state index < -0.39 is 0 Å². The van der Waals surface area contributed by atoms with Gasteiger partial charge in [0.2, 0.25) is 0 Å². The third-order valence-corrected chi connectivity index (χ3v) is 3.66. The molecule has 2 aromatic rings. The predicted octanol–water partition coefficient (Wildman–Crippen LogP) is 3.19. The summed E-state index contributed by atoms with van der Waals surface area (Å²) in [7, 11) is 1.86. The SMILES string of the molecule is Cc1ccc(C(N)c2c(Br)cnn2C)c(Cl)c1. The Morgan fingerprint density at radius 1 is 1.47 bits per heavy atom. The second kappa shape index (κ2) is 4.80. The molecule has 2 rings (SSSR count). The summed E-state index contributed by atoms with van der Waals surface area (Å²) in [6, 6.07) is 5.60. The zero-order valence-electron chi connectivity index (χ0n) is 9.61. The largest absolute Gasteiger partial charge is 0.319 e. The average molecular weight is 315 g/mol. The Hall–Kier alpha value is -0.840. The molecule has 1 heterocycles. The van der Waals surface area contributed by atoms with Crippen LogP contribution >= 0.6 is 27.5 Å². The molecule has 0 saturated carbocycles. The summed E-state index contributed by atoms with van der Waals surface area (Å²) in [5.74, 6) is 0. The maximum atomic E-state index is 6.24. The number of hydrogen-bond donors (Lipinski definition) is 1. The van der Waals surface area contributed by atoms with Crippen LogP contribution in [-0.4, -0.2) is 9.78 Å². The summed E-state index contributed by atoms with van der Waals surface area (Å²) in [5, 5.41) is 4.84. The summed E-state index contributed by atoms with van der Waals surface area (Å²) in [5.41, 5.74) is 9.18. The Morgan fingerprint density at radius 3 is 2.71 bits per heavy atom. The van der Waals surface area contributed by atoms with E-state index in [1.54, 1.807) is 10.9 Å². The minimum atomic E-state index is -0.287. The topological polar surface area (TPSA) is 43.8 Å². The fraction of sp³-hybridized carbons (Fsp3) is 0.250. The van der Waals surface area contributed by atoms with E-state index >= 15 is 0 Å². The van der Waals surface area contributed by atoms with Crippen LogP contribution in [-0.2, 0) is 7.05 Å². The summed E-state index contributed by atoms with van der Waals surface area (Å²) in [6.45, 7) is 2.00. The van der Waals surface area contributed by atoms with E-state index in [9.17, 15) is 0 Å². The van der Waals surface area contributed by atoms with Gasteiger partial charge in [0.1, 0.15) is 0 Å². The summed E-state index contributed by atoms with van der Waals surface area (Å²) in [4.78, 5) is 0. The molecule has 0 aliphatic rings. The predicted molar refractivity (Wildman–Crippen MR) is 73.1 cm³/mol. The maximum absolute atomic E-state index is 6.24. The van der Waals surface area contributed by atoms with Gasteiger partial charge in [0.25, 0.3) is 0 Å². The first-order valence-corrected chi connectivity index (χ1v) is 6.37. The lowest BCUT2D eigenvalue weighted by Gasteiger charge is -2.15. The van der Waals surface area contributed by atoms with Gasteiger partial charge in [-0.05, 0) is 40.0 Å². The van der Waals surface area contributed by atoms with E-state index in [1.807, 2.05) is 32.2 Å². The number of hydrogen-bond acceptors (Lipinski definition) is 2. The van der Waals surface area contributed by atoms with Gasteiger partial charge in [-0.15, -0.1) is 0 Å². The lowest BCUT2D eigenvalue weighted by Crippen LogP contribution is -2.17. The first kappa shape index (κ1) is 12.6. The van der Waals surface area contributed by atoms with Crippen LogP contribution in [0.15, 0.2) is 28.9 Å². The first-order valence-electron chi connectivity index (χ1n) is 5.19. The fourth-order valence-corrected chi connectivity index (χ4v) is 2.75. The molecule has 0 aliphatic heterocycles. The van der Waals surface area contributed by atoms with Crippen molar-refractivity contribution in [1.29, 1.82) is 0 Å². The molecule has 5 heteroatoms. The van der Waals surface area contributed by atoms with Crippen LogP contribution in [0.5, 0.6) is 0 Å². The fourth-order valence-electron chi connectivity index (χ4n) is 1.80. The minimum Gasteiger partial charge on any atom is -0.319 e. The van der Waals surface area contributed by atoms with Crippen LogP contribution in [0.1, 0.15) is 22.9 Å². The normalized spacial score (nSPS) is 12.8. The van der Waals surface area contributed by atoms with Crippen LogP contribution in [0.4, 0.5) is 0 Å². The molecule has 1 atom stereocenters. The Bertz CT molecular complexity index is 531. The molecule has 0 saturated heterocycles. The van der Waals surface area contributed by atoms with Gasteiger partial charge < -0.3 is 5.73 Å². The summed E-state index contributed by atoms with van der Waals surface area (Å²) >= 11 is 9.67. The molecule has 1 aromatic carbocycles. The molecule has 1 unspecified atom stereocenters. The number of aromatic nitrogens is 2. The second-order valence-electron chi connectivity index (χ2n) is 4.00.